The third-order valence-corrected chi connectivity index (χ3v) is 4.59. The topological polar surface area (TPSA) is 39.1 Å². The lowest BCUT2D eigenvalue weighted by Gasteiger charge is -2.02. The molecule has 1 N–H and O–H groups in total. The van der Waals surface area contributed by atoms with E-state index < -0.39 is 0 Å². The lowest BCUT2D eigenvalue weighted by Crippen LogP contribution is -2.13. The maximum Gasteiger partial charge on any atom is 0.122 e. The summed E-state index contributed by atoms with van der Waals surface area (Å²) in [5.74, 6) is 2.09. The van der Waals surface area contributed by atoms with Crippen LogP contribution in [0, 0.1) is 0 Å². The zero-order valence-corrected chi connectivity index (χ0v) is 13.3. The Hall–Kier alpha value is -1.33. The molecule has 0 bridgehead atoms. The van der Waals surface area contributed by atoms with Gasteiger partial charge in [-0.1, -0.05) is 0 Å². The Bertz CT molecular complexity index is 636. The summed E-state index contributed by atoms with van der Waals surface area (Å²) in [6.07, 6.45) is 1.90. The standard InChI is InChI=1S/C15H18BrN3O/c1-17-7-5-13-18-14(15(16)19(13)2)11-3-4-12-10(9-11)6-8-20-12/h3-4,9,17H,5-8H2,1-2H3. The maximum absolute atomic E-state index is 5.56. The molecular formula is C15H18BrN3O. The van der Waals surface area contributed by atoms with Crippen molar-refractivity contribution in [2.75, 3.05) is 20.2 Å². The number of ether oxygens (including phenoxy) is 1. The summed E-state index contributed by atoms with van der Waals surface area (Å²) in [5, 5.41) is 3.16. The number of likely N-dealkylation sites (N-methyl/N-ethyl adjacent to an activating group) is 1. The molecule has 1 aliphatic heterocycles. The highest BCUT2D eigenvalue weighted by molar-refractivity contribution is 9.10. The van der Waals surface area contributed by atoms with E-state index in [0.717, 1.165) is 53.4 Å². The van der Waals surface area contributed by atoms with Gasteiger partial charge in [0.25, 0.3) is 0 Å². The number of aromatic nitrogens is 2. The lowest BCUT2D eigenvalue weighted by atomic mass is 10.1. The Morgan fingerprint density at radius 1 is 1.45 bits per heavy atom. The van der Waals surface area contributed by atoms with Crippen LogP contribution in [-0.4, -0.2) is 29.8 Å². The highest BCUT2D eigenvalue weighted by Crippen LogP contribution is 2.33. The minimum Gasteiger partial charge on any atom is -0.493 e. The van der Waals surface area contributed by atoms with Gasteiger partial charge in [-0.15, -0.1) is 0 Å². The summed E-state index contributed by atoms with van der Waals surface area (Å²) < 4.78 is 8.69. The summed E-state index contributed by atoms with van der Waals surface area (Å²) in [7, 11) is 4.00. The van der Waals surface area contributed by atoms with Gasteiger partial charge in [0.15, 0.2) is 0 Å². The highest BCUT2D eigenvalue weighted by Gasteiger charge is 2.17. The molecule has 5 heteroatoms. The number of nitrogens with one attached hydrogen (secondary N) is 1. The van der Waals surface area contributed by atoms with Crippen LogP contribution >= 0.6 is 15.9 Å². The summed E-state index contributed by atoms with van der Waals surface area (Å²) in [5.41, 5.74) is 3.43. The lowest BCUT2D eigenvalue weighted by molar-refractivity contribution is 0.357. The van der Waals surface area contributed by atoms with Crippen LogP contribution in [0.4, 0.5) is 0 Å². The molecule has 1 aliphatic rings. The zero-order chi connectivity index (χ0) is 14.1. The number of halogens is 1. The maximum atomic E-state index is 5.56. The van der Waals surface area contributed by atoms with Gasteiger partial charge in [0.2, 0.25) is 0 Å². The van der Waals surface area contributed by atoms with Gasteiger partial charge in [0.05, 0.1) is 6.61 Å². The Morgan fingerprint density at radius 3 is 3.10 bits per heavy atom. The molecule has 0 radical (unpaired) electrons. The fourth-order valence-corrected chi connectivity index (χ4v) is 3.02. The van der Waals surface area contributed by atoms with Gasteiger partial charge in [-0.05, 0) is 46.7 Å². The van der Waals surface area contributed by atoms with Gasteiger partial charge in [-0.2, -0.15) is 0 Å². The van der Waals surface area contributed by atoms with Gasteiger partial charge in [0.1, 0.15) is 21.9 Å². The van der Waals surface area contributed by atoms with Crippen LogP contribution in [0.25, 0.3) is 11.3 Å². The van der Waals surface area contributed by atoms with Crippen LogP contribution in [0.1, 0.15) is 11.4 Å². The van der Waals surface area contributed by atoms with E-state index in [1.807, 2.05) is 20.2 Å². The van der Waals surface area contributed by atoms with E-state index in [9.17, 15) is 0 Å². The van der Waals surface area contributed by atoms with E-state index >= 15 is 0 Å². The Balaban J connectivity index is 1.97. The monoisotopic (exact) mass is 335 g/mol. The third-order valence-electron chi connectivity index (χ3n) is 3.68. The number of rotatable bonds is 4. The molecule has 0 fully saturated rings. The molecule has 0 atom stereocenters. The molecule has 2 heterocycles. The van der Waals surface area contributed by atoms with Gasteiger partial charge >= 0.3 is 0 Å². The average Bonchev–Trinajstić information content (AvgIpc) is 3.03. The minimum absolute atomic E-state index is 0.787. The minimum atomic E-state index is 0.787. The van der Waals surface area contributed by atoms with E-state index in [1.54, 1.807) is 0 Å². The SMILES string of the molecule is CNCCc1nc(-c2ccc3c(c2)CCO3)c(Br)n1C. The molecule has 0 spiro atoms. The Morgan fingerprint density at radius 2 is 2.30 bits per heavy atom. The highest BCUT2D eigenvalue weighted by atomic mass is 79.9. The molecule has 0 saturated carbocycles. The normalized spacial score (nSPS) is 13.3. The quantitative estimate of drug-likeness (QED) is 0.933. The van der Waals surface area contributed by atoms with E-state index in [4.69, 9.17) is 9.72 Å². The van der Waals surface area contributed by atoms with E-state index in [2.05, 4.69) is 37.9 Å². The fraction of sp³-hybridized carbons (Fsp3) is 0.400. The number of imidazole rings is 1. The molecule has 0 aliphatic carbocycles. The van der Waals surface area contributed by atoms with Crippen molar-refractivity contribution < 1.29 is 4.74 Å². The predicted octanol–water partition coefficient (Wildman–Crippen LogP) is 2.55. The van der Waals surface area contributed by atoms with E-state index in [-0.39, 0.29) is 0 Å². The van der Waals surface area contributed by atoms with Gasteiger partial charge in [-0.25, -0.2) is 4.98 Å². The van der Waals surface area contributed by atoms with Crippen molar-refractivity contribution in [1.82, 2.24) is 14.9 Å². The van der Waals surface area contributed by atoms with Crippen molar-refractivity contribution in [2.24, 2.45) is 7.05 Å². The molecular weight excluding hydrogens is 318 g/mol. The summed E-state index contributed by atoms with van der Waals surface area (Å²) in [4.78, 5) is 4.78. The Kier molecular flexibility index (Phi) is 3.81. The second-order valence-electron chi connectivity index (χ2n) is 5.00. The van der Waals surface area contributed by atoms with Crippen molar-refractivity contribution in [3.05, 3.63) is 34.2 Å². The number of benzene rings is 1. The van der Waals surface area contributed by atoms with Crippen LogP contribution in [0.3, 0.4) is 0 Å². The van der Waals surface area contributed by atoms with Crippen LogP contribution in [0.5, 0.6) is 5.75 Å². The summed E-state index contributed by atoms with van der Waals surface area (Å²) in [6, 6.07) is 6.32. The molecule has 3 rings (SSSR count). The van der Waals surface area contributed by atoms with Crippen LogP contribution < -0.4 is 10.1 Å². The third kappa shape index (κ3) is 2.36. The molecule has 4 nitrogen and oxygen atoms in total. The first-order chi connectivity index (χ1) is 9.70. The second kappa shape index (κ2) is 5.58. The number of nitrogens with zero attached hydrogens (tertiary/aromatic N) is 2. The molecule has 0 saturated heterocycles. The van der Waals surface area contributed by atoms with Crippen molar-refractivity contribution in [3.63, 3.8) is 0 Å². The predicted molar refractivity (Wildman–Crippen MR) is 83.2 cm³/mol. The van der Waals surface area contributed by atoms with Gasteiger partial charge in [-0.3, -0.25) is 0 Å². The van der Waals surface area contributed by atoms with Crippen molar-refractivity contribution in [3.8, 4) is 17.0 Å². The number of fused-ring (bicyclic) bond motifs is 1. The molecule has 0 unspecified atom stereocenters. The van der Waals surface area contributed by atoms with E-state index in [0.29, 0.717) is 0 Å². The molecule has 106 valence electrons. The fourth-order valence-electron chi connectivity index (χ4n) is 2.50. The number of hydrogen-bond donors (Lipinski definition) is 1. The van der Waals surface area contributed by atoms with Crippen molar-refractivity contribution in [1.29, 1.82) is 0 Å². The van der Waals surface area contributed by atoms with Crippen LogP contribution in [-0.2, 0) is 19.9 Å². The first-order valence-electron chi connectivity index (χ1n) is 6.82. The first-order valence-corrected chi connectivity index (χ1v) is 7.62. The van der Waals surface area contributed by atoms with Crippen LogP contribution in [0.2, 0.25) is 0 Å². The van der Waals surface area contributed by atoms with E-state index in [1.165, 1.54) is 5.56 Å². The van der Waals surface area contributed by atoms with Crippen molar-refractivity contribution in [2.45, 2.75) is 12.8 Å². The largest absolute Gasteiger partial charge is 0.493 e. The second-order valence-corrected chi connectivity index (χ2v) is 5.75. The smallest absolute Gasteiger partial charge is 0.122 e. The molecule has 2 aromatic rings. The van der Waals surface area contributed by atoms with Crippen molar-refractivity contribution >= 4 is 15.9 Å². The summed E-state index contributed by atoms with van der Waals surface area (Å²) in [6.45, 7) is 1.71. The zero-order valence-electron chi connectivity index (χ0n) is 11.7. The molecule has 20 heavy (non-hydrogen) atoms. The molecule has 1 aromatic carbocycles. The number of hydrogen-bond acceptors (Lipinski definition) is 3. The van der Waals surface area contributed by atoms with Crippen LogP contribution in [0.15, 0.2) is 22.8 Å². The first kappa shape index (κ1) is 13.6. The Labute approximate surface area is 127 Å². The van der Waals surface area contributed by atoms with Gasteiger partial charge < -0.3 is 14.6 Å². The average molecular weight is 336 g/mol. The molecule has 0 amide bonds. The summed E-state index contributed by atoms with van der Waals surface area (Å²) >= 11 is 3.66. The molecule has 1 aromatic heterocycles. The van der Waals surface area contributed by atoms with Gasteiger partial charge in [0, 0.05) is 32.0 Å².